The summed E-state index contributed by atoms with van der Waals surface area (Å²) in [7, 11) is 0. The molecule has 0 bridgehead atoms. The van der Waals surface area contributed by atoms with Crippen LogP contribution in [0.3, 0.4) is 0 Å². The van der Waals surface area contributed by atoms with Crippen LogP contribution in [0.2, 0.25) is 0 Å². The molecule has 0 atom stereocenters. The van der Waals surface area contributed by atoms with Gasteiger partial charge in [0.1, 0.15) is 19.8 Å². The summed E-state index contributed by atoms with van der Waals surface area (Å²) in [5.41, 5.74) is 0. The van der Waals surface area contributed by atoms with Crippen molar-refractivity contribution in [3.63, 3.8) is 0 Å². The zero-order valence-electron chi connectivity index (χ0n) is 6.15. The molecule has 48 valence electrons. The van der Waals surface area contributed by atoms with Crippen LogP contribution in [-0.2, 0) is 0 Å². The van der Waals surface area contributed by atoms with E-state index in [1.54, 1.807) is 0 Å². The van der Waals surface area contributed by atoms with Crippen LogP contribution in [0.1, 0.15) is 20.8 Å². The number of hydrogen-bond donors (Lipinski definition) is 0. The van der Waals surface area contributed by atoms with E-state index in [4.69, 9.17) is 0 Å². The largest absolute Gasteiger partial charge is 0.242 e. The molecule has 0 aliphatic heterocycles. The summed E-state index contributed by atoms with van der Waals surface area (Å²) in [5, 5.41) is 0. The minimum Gasteiger partial charge on any atom is -0.242 e. The Morgan fingerprint density at radius 2 is 2.00 bits per heavy atom. The molecule has 0 aromatic heterocycles. The Hall–Kier alpha value is -0.330. The lowest BCUT2D eigenvalue weighted by Gasteiger charge is -1.99. The third-order valence-electron chi connectivity index (χ3n) is 1.07. The van der Waals surface area contributed by atoms with Gasteiger partial charge < -0.3 is 0 Å². The van der Waals surface area contributed by atoms with Gasteiger partial charge in [0.05, 0.1) is 0 Å². The number of rotatable bonds is 3. The van der Waals surface area contributed by atoms with Gasteiger partial charge in [-0.1, -0.05) is 13.8 Å². The second-order valence-corrected chi connectivity index (χ2v) is 2.56. The molecule has 0 rings (SSSR count). The van der Waals surface area contributed by atoms with Gasteiger partial charge in [0.2, 0.25) is 0 Å². The topological polar surface area (TPSA) is 3.01 Å². The van der Waals surface area contributed by atoms with Crippen LogP contribution in [0, 0.1) is 5.92 Å². The fourth-order valence-electron chi connectivity index (χ4n) is 0.645. The van der Waals surface area contributed by atoms with E-state index in [1.807, 2.05) is 0 Å². The molecule has 0 N–H and O–H groups in total. The van der Waals surface area contributed by atoms with Crippen molar-refractivity contribution in [2.75, 3.05) is 13.1 Å². The molecule has 0 radical (unpaired) electrons. The monoisotopic (exact) mass is 114 g/mol. The molecule has 0 spiro atoms. The van der Waals surface area contributed by atoms with Crippen LogP contribution >= 0.6 is 0 Å². The van der Waals surface area contributed by atoms with Gasteiger partial charge in [-0.05, 0) is 6.92 Å². The highest BCUT2D eigenvalue weighted by molar-refractivity contribution is 5.14. The minimum atomic E-state index is 0.743. The number of nitrogens with zero attached hydrogens (tertiary/aromatic N) is 1. The van der Waals surface area contributed by atoms with Crippen molar-refractivity contribution >= 4 is 6.72 Å². The second kappa shape index (κ2) is 3.65. The second-order valence-electron chi connectivity index (χ2n) is 2.56. The fourth-order valence-corrected chi connectivity index (χ4v) is 0.645. The summed E-state index contributed by atoms with van der Waals surface area (Å²) in [6.45, 7) is 12.5. The highest BCUT2D eigenvalue weighted by atomic mass is 15.0. The minimum absolute atomic E-state index is 0.743. The standard InChI is InChI=1S/C7H16N/c1-5-8(4)6-7(2)3/h7H,4-6H2,1-3H3/q+1. The predicted molar refractivity (Wildman–Crippen MR) is 37.6 cm³/mol. The van der Waals surface area contributed by atoms with E-state index in [0.29, 0.717) is 0 Å². The van der Waals surface area contributed by atoms with Gasteiger partial charge >= 0.3 is 0 Å². The van der Waals surface area contributed by atoms with Gasteiger partial charge in [0, 0.05) is 5.92 Å². The summed E-state index contributed by atoms with van der Waals surface area (Å²) in [4.78, 5) is 0. The molecular weight excluding hydrogens is 98.1 g/mol. The molecule has 0 amide bonds. The highest BCUT2D eigenvalue weighted by Crippen LogP contribution is 1.89. The first-order chi connectivity index (χ1) is 3.66. The predicted octanol–water partition coefficient (Wildman–Crippen LogP) is 1.38. The van der Waals surface area contributed by atoms with E-state index in [-0.39, 0.29) is 0 Å². The molecule has 0 fully saturated rings. The summed E-state index contributed by atoms with van der Waals surface area (Å²) in [6, 6.07) is 0. The molecule has 1 nitrogen and oxygen atoms in total. The van der Waals surface area contributed by atoms with E-state index in [2.05, 4.69) is 32.1 Å². The average Bonchev–Trinajstić information content (AvgIpc) is 1.65. The highest BCUT2D eigenvalue weighted by Gasteiger charge is 1.99. The van der Waals surface area contributed by atoms with Crippen molar-refractivity contribution in [3.8, 4) is 0 Å². The number of hydrogen-bond acceptors (Lipinski definition) is 0. The van der Waals surface area contributed by atoms with Crippen molar-refractivity contribution in [2.45, 2.75) is 20.8 Å². The van der Waals surface area contributed by atoms with Gasteiger partial charge in [0.25, 0.3) is 0 Å². The molecule has 0 heterocycles. The quantitative estimate of drug-likeness (QED) is 0.385. The Bertz CT molecular complexity index is 74.5. The van der Waals surface area contributed by atoms with Crippen molar-refractivity contribution in [1.29, 1.82) is 0 Å². The van der Waals surface area contributed by atoms with Gasteiger partial charge in [-0.2, -0.15) is 0 Å². The van der Waals surface area contributed by atoms with Gasteiger partial charge in [-0.15, -0.1) is 0 Å². The molecule has 0 saturated heterocycles. The molecule has 0 aromatic carbocycles. The Balaban J connectivity index is 3.25. The first-order valence-electron chi connectivity index (χ1n) is 3.22. The lowest BCUT2D eigenvalue weighted by atomic mass is 10.2. The van der Waals surface area contributed by atoms with Crippen molar-refractivity contribution in [3.05, 3.63) is 0 Å². The van der Waals surface area contributed by atoms with E-state index < -0.39 is 0 Å². The van der Waals surface area contributed by atoms with Gasteiger partial charge in [-0.3, -0.25) is 0 Å². The molecule has 0 aliphatic carbocycles. The Morgan fingerprint density at radius 1 is 1.50 bits per heavy atom. The summed E-state index contributed by atoms with van der Waals surface area (Å²) >= 11 is 0. The molecule has 8 heavy (non-hydrogen) atoms. The fraction of sp³-hybridized carbons (Fsp3) is 0.857. The summed E-state index contributed by atoms with van der Waals surface area (Å²) in [6.07, 6.45) is 0. The molecule has 0 aromatic rings. The van der Waals surface area contributed by atoms with Crippen molar-refractivity contribution in [1.82, 2.24) is 0 Å². The van der Waals surface area contributed by atoms with E-state index >= 15 is 0 Å². The van der Waals surface area contributed by atoms with Crippen LogP contribution in [0.5, 0.6) is 0 Å². The molecule has 1 heteroatoms. The van der Waals surface area contributed by atoms with E-state index in [0.717, 1.165) is 19.0 Å². The normalized spacial score (nSPS) is 10.0. The lowest BCUT2D eigenvalue weighted by molar-refractivity contribution is -0.521. The third-order valence-corrected chi connectivity index (χ3v) is 1.07. The molecule has 0 saturated carbocycles. The maximum atomic E-state index is 3.83. The van der Waals surface area contributed by atoms with Crippen LogP contribution in [0.4, 0.5) is 0 Å². The Labute approximate surface area is 52.0 Å². The van der Waals surface area contributed by atoms with Crippen molar-refractivity contribution < 1.29 is 4.58 Å². The maximum Gasteiger partial charge on any atom is 0.144 e. The van der Waals surface area contributed by atoms with Crippen molar-refractivity contribution in [2.24, 2.45) is 5.92 Å². The lowest BCUT2D eigenvalue weighted by Crippen LogP contribution is -2.14. The molecular formula is C7H16N+. The van der Waals surface area contributed by atoms with Gasteiger partial charge in [0.15, 0.2) is 0 Å². The van der Waals surface area contributed by atoms with Crippen LogP contribution in [0.25, 0.3) is 0 Å². The molecule has 0 unspecified atom stereocenters. The summed E-state index contributed by atoms with van der Waals surface area (Å²) < 4.78 is 2.07. The third kappa shape index (κ3) is 3.85. The molecule has 0 aliphatic rings. The average molecular weight is 114 g/mol. The smallest absolute Gasteiger partial charge is 0.144 e. The Morgan fingerprint density at radius 3 is 2.12 bits per heavy atom. The Kier molecular flexibility index (Phi) is 3.49. The van der Waals surface area contributed by atoms with Crippen LogP contribution < -0.4 is 0 Å². The van der Waals surface area contributed by atoms with E-state index in [1.165, 1.54) is 0 Å². The summed E-state index contributed by atoms with van der Waals surface area (Å²) in [5.74, 6) is 0.743. The van der Waals surface area contributed by atoms with E-state index in [9.17, 15) is 0 Å². The SMILES string of the molecule is C=[N+](CC)CC(C)C. The van der Waals surface area contributed by atoms with Gasteiger partial charge in [-0.25, -0.2) is 4.58 Å². The zero-order chi connectivity index (χ0) is 6.57. The maximum absolute atomic E-state index is 3.83. The van der Waals surface area contributed by atoms with Crippen LogP contribution in [-0.4, -0.2) is 24.4 Å². The zero-order valence-corrected chi connectivity index (χ0v) is 6.15. The first kappa shape index (κ1) is 7.67. The first-order valence-corrected chi connectivity index (χ1v) is 3.22. The van der Waals surface area contributed by atoms with Crippen LogP contribution in [0.15, 0.2) is 0 Å².